The normalized spacial score (nSPS) is 12.4. The second-order valence-electron chi connectivity index (χ2n) is 8.45. The quantitative estimate of drug-likeness (QED) is 0.246. The van der Waals surface area contributed by atoms with E-state index in [1.54, 1.807) is 0 Å². The first-order valence-corrected chi connectivity index (χ1v) is 11.0. The maximum atomic E-state index is 12.6. The lowest BCUT2D eigenvalue weighted by Gasteiger charge is -2.26. The lowest BCUT2D eigenvalue weighted by atomic mass is 10.1. The number of hydrogen-bond acceptors (Lipinski definition) is 3. The minimum atomic E-state index is -0.593. The number of rotatable bonds is 13. The summed E-state index contributed by atoms with van der Waals surface area (Å²) < 4.78 is 5.45. The predicted molar refractivity (Wildman–Crippen MR) is 118 cm³/mol. The molecule has 0 saturated carbocycles. The zero-order valence-corrected chi connectivity index (χ0v) is 19.2. The molecule has 4 heteroatoms. The van der Waals surface area contributed by atoms with Crippen LogP contribution in [0.3, 0.4) is 0 Å². The fourth-order valence-electron chi connectivity index (χ4n) is 2.77. The van der Waals surface area contributed by atoms with E-state index in [0.29, 0.717) is 13.0 Å². The summed E-state index contributed by atoms with van der Waals surface area (Å²) in [5.74, 6) is -0.122. The average Bonchev–Trinajstić information content (AvgIpc) is 2.61. The minimum absolute atomic E-state index is 0.122. The van der Waals surface area contributed by atoms with Crippen molar-refractivity contribution in [3.63, 3.8) is 0 Å². The predicted octanol–water partition coefficient (Wildman–Crippen LogP) is 7.19. The van der Waals surface area contributed by atoms with Crippen LogP contribution in [0.4, 0.5) is 4.79 Å². The molecule has 4 nitrogen and oxygen atoms in total. The Kier molecular flexibility index (Phi) is 14.5. The molecule has 0 atom stereocenters. The first-order valence-electron chi connectivity index (χ1n) is 11.0. The summed E-state index contributed by atoms with van der Waals surface area (Å²) in [6.07, 6.45) is 15.4. The van der Waals surface area contributed by atoms with Gasteiger partial charge in [0.2, 0.25) is 5.91 Å². The number of amides is 2. The number of hydrogen-bond donors (Lipinski definition) is 0. The highest BCUT2D eigenvalue weighted by atomic mass is 16.6. The first-order chi connectivity index (χ1) is 13.2. The van der Waals surface area contributed by atoms with Gasteiger partial charge in [-0.15, -0.1) is 0 Å². The van der Waals surface area contributed by atoms with Crippen molar-refractivity contribution in [3.8, 4) is 0 Å². The second kappa shape index (κ2) is 15.4. The van der Waals surface area contributed by atoms with Gasteiger partial charge in [0.1, 0.15) is 5.60 Å². The molecule has 0 radical (unpaired) electrons. The highest BCUT2D eigenvalue weighted by Crippen LogP contribution is 2.14. The molecule has 0 N–H and O–H groups in total. The van der Waals surface area contributed by atoms with Crippen molar-refractivity contribution in [2.24, 2.45) is 0 Å². The van der Waals surface area contributed by atoms with Crippen LogP contribution in [0.5, 0.6) is 0 Å². The van der Waals surface area contributed by atoms with Crippen molar-refractivity contribution in [2.45, 2.75) is 111 Å². The Labute approximate surface area is 173 Å². The molecular weight excluding hydrogens is 350 g/mol. The molecule has 0 bridgehead atoms. The second-order valence-corrected chi connectivity index (χ2v) is 8.45. The SMILES string of the molecule is C/C=C(/C)CCCCCCCN(C(=O)CCC/C=C\CC)C(=O)OC(C)(C)C. The van der Waals surface area contributed by atoms with Crippen LogP contribution in [0.1, 0.15) is 106 Å². The lowest BCUT2D eigenvalue weighted by molar-refractivity contribution is -0.130. The van der Waals surface area contributed by atoms with E-state index in [2.05, 4.69) is 39.0 Å². The van der Waals surface area contributed by atoms with Crippen molar-refractivity contribution in [2.75, 3.05) is 6.54 Å². The molecule has 2 amide bonds. The van der Waals surface area contributed by atoms with Crippen LogP contribution in [-0.2, 0) is 9.53 Å². The number of unbranched alkanes of at least 4 members (excludes halogenated alkanes) is 5. The molecule has 0 spiro atoms. The summed E-state index contributed by atoms with van der Waals surface area (Å²) in [5.41, 5.74) is 0.847. The highest BCUT2D eigenvalue weighted by Gasteiger charge is 2.26. The van der Waals surface area contributed by atoms with Crippen molar-refractivity contribution >= 4 is 12.0 Å². The Morgan fingerprint density at radius 1 is 0.929 bits per heavy atom. The molecule has 0 rings (SSSR count). The van der Waals surface area contributed by atoms with Gasteiger partial charge in [-0.05, 0) is 73.1 Å². The molecule has 0 aromatic rings. The zero-order chi connectivity index (χ0) is 21.4. The van der Waals surface area contributed by atoms with Gasteiger partial charge in [0.15, 0.2) is 0 Å². The van der Waals surface area contributed by atoms with Crippen LogP contribution in [-0.4, -0.2) is 29.0 Å². The molecule has 0 fully saturated rings. The number of allylic oxidation sites excluding steroid dienone is 4. The van der Waals surface area contributed by atoms with E-state index in [9.17, 15) is 9.59 Å². The summed E-state index contributed by atoms with van der Waals surface area (Å²) >= 11 is 0. The third-order valence-electron chi connectivity index (χ3n) is 4.52. The number of carbonyl (C=O) groups is 2. The molecule has 0 saturated heterocycles. The molecule has 0 aliphatic rings. The van der Waals surface area contributed by atoms with Crippen LogP contribution in [0, 0.1) is 0 Å². The summed E-state index contributed by atoms with van der Waals surface area (Å²) in [7, 11) is 0. The molecule has 28 heavy (non-hydrogen) atoms. The lowest BCUT2D eigenvalue weighted by Crippen LogP contribution is -2.41. The summed E-state index contributed by atoms with van der Waals surface area (Å²) in [4.78, 5) is 26.4. The number of ether oxygens (including phenoxy) is 1. The molecular formula is C24H43NO3. The highest BCUT2D eigenvalue weighted by molar-refractivity contribution is 5.92. The molecule has 0 aliphatic heterocycles. The first kappa shape index (κ1) is 26.4. The van der Waals surface area contributed by atoms with Crippen molar-refractivity contribution in [1.82, 2.24) is 4.90 Å². The average molecular weight is 394 g/mol. The van der Waals surface area contributed by atoms with Crippen LogP contribution in [0.15, 0.2) is 23.8 Å². The molecule has 0 heterocycles. The number of carbonyl (C=O) groups excluding carboxylic acids is 2. The summed E-state index contributed by atoms with van der Waals surface area (Å²) in [5, 5.41) is 0. The largest absolute Gasteiger partial charge is 0.443 e. The smallest absolute Gasteiger partial charge is 0.417 e. The van der Waals surface area contributed by atoms with E-state index in [1.165, 1.54) is 23.3 Å². The van der Waals surface area contributed by atoms with Gasteiger partial charge in [-0.2, -0.15) is 0 Å². The maximum Gasteiger partial charge on any atom is 0.417 e. The van der Waals surface area contributed by atoms with Gasteiger partial charge in [-0.25, -0.2) is 9.69 Å². The van der Waals surface area contributed by atoms with Gasteiger partial charge >= 0.3 is 6.09 Å². The minimum Gasteiger partial charge on any atom is -0.443 e. The van der Waals surface area contributed by atoms with Gasteiger partial charge in [-0.1, -0.05) is 50.0 Å². The van der Waals surface area contributed by atoms with E-state index in [4.69, 9.17) is 4.74 Å². The number of nitrogens with zero attached hydrogens (tertiary/aromatic N) is 1. The van der Waals surface area contributed by atoms with E-state index < -0.39 is 11.7 Å². The monoisotopic (exact) mass is 393 g/mol. The van der Waals surface area contributed by atoms with Crippen LogP contribution in [0.2, 0.25) is 0 Å². The third-order valence-corrected chi connectivity index (χ3v) is 4.52. The molecule has 0 aliphatic carbocycles. The van der Waals surface area contributed by atoms with Crippen LogP contribution in [0.25, 0.3) is 0 Å². The van der Waals surface area contributed by atoms with Gasteiger partial charge in [0, 0.05) is 13.0 Å². The fraction of sp³-hybridized carbons (Fsp3) is 0.750. The number of imide groups is 1. The van der Waals surface area contributed by atoms with E-state index in [-0.39, 0.29) is 5.91 Å². The Balaban J connectivity index is 4.42. The molecule has 0 aromatic carbocycles. The fourth-order valence-corrected chi connectivity index (χ4v) is 2.77. The summed E-state index contributed by atoms with van der Waals surface area (Å²) in [6.45, 7) is 12.3. The van der Waals surface area contributed by atoms with Crippen LogP contribution >= 0.6 is 0 Å². The Morgan fingerprint density at radius 2 is 1.57 bits per heavy atom. The van der Waals surface area contributed by atoms with E-state index in [0.717, 1.165) is 44.9 Å². The standard InChI is InChI=1S/C24H43NO3/c1-7-9-10-12-16-19-22(26)25(23(27)28-24(4,5)6)20-17-14-11-13-15-18-21(3)8-2/h8-10H,7,11-20H2,1-6H3/b10-9-,21-8-. The van der Waals surface area contributed by atoms with Gasteiger partial charge in [0.25, 0.3) is 0 Å². The summed E-state index contributed by atoms with van der Waals surface area (Å²) in [6, 6.07) is 0. The van der Waals surface area contributed by atoms with Gasteiger partial charge in [-0.3, -0.25) is 4.79 Å². The zero-order valence-electron chi connectivity index (χ0n) is 19.2. The molecule has 0 unspecified atom stereocenters. The van der Waals surface area contributed by atoms with E-state index >= 15 is 0 Å². The van der Waals surface area contributed by atoms with Crippen molar-refractivity contribution in [1.29, 1.82) is 0 Å². The van der Waals surface area contributed by atoms with Gasteiger partial charge < -0.3 is 4.74 Å². The van der Waals surface area contributed by atoms with Crippen molar-refractivity contribution < 1.29 is 14.3 Å². The Bertz CT molecular complexity index is 500. The molecule has 0 aromatic heterocycles. The Hall–Kier alpha value is -1.58. The maximum absolute atomic E-state index is 12.6. The topological polar surface area (TPSA) is 46.6 Å². The van der Waals surface area contributed by atoms with Gasteiger partial charge in [0.05, 0.1) is 0 Å². The third kappa shape index (κ3) is 14.5. The molecule has 162 valence electrons. The Morgan fingerprint density at radius 3 is 2.18 bits per heavy atom. The van der Waals surface area contributed by atoms with Crippen LogP contribution < -0.4 is 0 Å². The van der Waals surface area contributed by atoms with Crippen molar-refractivity contribution in [3.05, 3.63) is 23.8 Å². The van der Waals surface area contributed by atoms with E-state index in [1.807, 2.05) is 20.8 Å².